The Kier molecular flexibility index (Phi) is 6.59. The molecular formula is C20H34N4O2. The van der Waals surface area contributed by atoms with Gasteiger partial charge in [-0.1, -0.05) is 13.8 Å². The van der Waals surface area contributed by atoms with Gasteiger partial charge in [0.05, 0.1) is 25.5 Å². The van der Waals surface area contributed by atoms with Gasteiger partial charge in [-0.05, 0) is 45.0 Å². The largest absolute Gasteiger partial charge is 0.468 e. The van der Waals surface area contributed by atoms with Gasteiger partial charge in [0.25, 0.3) is 0 Å². The average Bonchev–Trinajstić information content (AvgIpc) is 3.41. The standard InChI is InChI=1S/C20H34N4O2/c1-4-21-19(24-11-9-20(15-24)10-13-25-16-20)22-14-17(23(5-2)6-3)18-8-7-12-26-18/h7-8,12,17H,4-6,9-11,13-16H2,1-3H3,(H,21,22). The molecule has 2 aliphatic rings. The Bertz CT molecular complexity index is 562. The van der Waals surface area contributed by atoms with Gasteiger partial charge in [0.15, 0.2) is 5.96 Å². The summed E-state index contributed by atoms with van der Waals surface area (Å²) in [5, 5.41) is 3.49. The lowest BCUT2D eigenvalue weighted by Crippen LogP contribution is -2.42. The Morgan fingerprint density at radius 3 is 2.81 bits per heavy atom. The number of likely N-dealkylation sites (N-methyl/N-ethyl adjacent to an activating group) is 1. The number of hydrogen-bond acceptors (Lipinski definition) is 4. The minimum Gasteiger partial charge on any atom is -0.468 e. The number of furan rings is 1. The van der Waals surface area contributed by atoms with Gasteiger partial charge in [-0.3, -0.25) is 9.89 Å². The van der Waals surface area contributed by atoms with Gasteiger partial charge in [-0.2, -0.15) is 0 Å². The van der Waals surface area contributed by atoms with E-state index in [9.17, 15) is 0 Å². The highest BCUT2D eigenvalue weighted by molar-refractivity contribution is 5.80. The number of rotatable bonds is 7. The highest BCUT2D eigenvalue weighted by Crippen LogP contribution is 2.38. The van der Waals surface area contributed by atoms with Gasteiger partial charge in [0, 0.05) is 31.7 Å². The molecule has 0 amide bonds. The molecule has 146 valence electrons. The summed E-state index contributed by atoms with van der Waals surface area (Å²) in [6, 6.07) is 4.21. The number of nitrogens with zero attached hydrogens (tertiary/aromatic N) is 3. The molecule has 26 heavy (non-hydrogen) atoms. The number of ether oxygens (including phenoxy) is 1. The summed E-state index contributed by atoms with van der Waals surface area (Å²) in [5.74, 6) is 2.02. The molecule has 2 saturated heterocycles. The SMILES string of the molecule is CCNC(=NCC(c1ccco1)N(CC)CC)N1CCC2(CCOC2)C1. The van der Waals surface area contributed by atoms with Crippen molar-refractivity contribution in [3.05, 3.63) is 24.2 Å². The van der Waals surface area contributed by atoms with Crippen molar-refractivity contribution in [2.24, 2.45) is 10.4 Å². The van der Waals surface area contributed by atoms with E-state index >= 15 is 0 Å². The summed E-state index contributed by atoms with van der Waals surface area (Å²) in [7, 11) is 0. The third-order valence-electron chi connectivity index (χ3n) is 5.80. The van der Waals surface area contributed by atoms with Crippen LogP contribution < -0.4 is 5.32 Å². The molecule has 0 aliphatic carbocycles. The normalized spacial score (nSPS) is 24.8. The molecule has 0 saturated carbocycles. The summed E-state index contributed by atoms with van der Waals surface area (Å²) in [4.78, 5) is 9.83. The van der Waals surface area contributed by atoms with Crippen LogP contribution in [0.25, 0.3) is 0 Å². The number of guanidine groups is 1. The summed E-state index contributed by atoms with van der Waals surface area (Å²) in [6.07, 6.45) is 4.14. The lowest BCUT2D eigenvalue weighted by molar-refractivity contribution is 0.156. The van der Waals surface area contributed by atoms with Crippen molar-refractivity contribution >= 4 is 5.96 Å². The quantitative estimate of drug-likeness (QED) is 0.597. The second-order valence-corrected chi connectivity index (χ2v) is 7.42. The zero-order valence-corrected chi connectivity index (χ0v) is 16.5. The molecule has 2 atom stereocenters. The van der Waals surface area contributed by atoms with Crippen LogP contribution in [0.5, 0.6) is 0 Å². The van der Waals surface area contributed by atoms with Crippen LogP contribution in [0.1, 0.15) is 45.4 Å². The fourth-order valence-corrected chi connectivity index (χ4v) is 4.22. The Morgan fingerprint density at radius 1 is 1.35 bits per heavy atom. The van der Waals surface area contributed by atoms with Crippen LogP contribution in [0.2, 0.25) is 0 Å². The first-order valence-corrected chi connectivity index (χ1v) is 10.1. The molecule has 0 bridgehead atoms. The molecule has 1 N–H and O–H groups in total. The molecule has 1 aromatic rings. The molecule has 2 fully saturated rings. The third kappa shape index (κ3) is 4.23. The van der Waals surface area contributed by atoms with Crippen molar-refractivity contribution in [3.8, 4) is 0 Å². The second-order valence-electron chi connectivity index (χ2n) is 7.42. The minimum atomic E-state index is 0.181. The maximum atomic E-state index is 5.71. The molecule has 1 aromatic heterocycles. The minimum absolute atomic E-state index is 0.181. The molecule has 6 heteroatoms. The molecule has 1 spiro atoms. The summed E-state index contributed by atoms with van der Waals surface area (Å²) in [5.41, 5.74) is 0.343. The van der Waals surface area contributed by atoms with Crippen molar-refractivity contribution in [2.75, 3.05) is 52.5 Å². The highest BCUT2D eigenvalue weighted by atomic mass is 16.5. The van der Waals surface area contributed by atoms with E-state index in [1.165, 1.54) is 12.8 Å². The van der Waals surface area contributed by atoms with E-state index in [4.69, 9.17) is 14.1 Å². The Morgan fingerprint density at radius 2 is 2.19 bits per heavy atom. The smallest absolute Gasteiger partial charge is 0.194 e. The van der Waals surface area contributed by atoms with Crippen LogP contribution in [-0.2, 0) is 4.74 Å². The molecule has 6 nitrogen and oxygen atoms in total. The lowest BCUT2D eigenvalue weighted by atomic mass is 9.87. The fraction of sp³-hybridized carbons (Fsp3) is 0.750. The van der Waals surface area contributed by atoms with Gasteiger partial charge in [-0.25, -0.2) is 0 Å². The predicted octanol–water partition coefficient (Wildman–Crippen LogP) is 2.74. The van der Waals surface area contributed by atoms with Crippen LogP contribution in [0.4, 0.5) is 0 Å². The zero-order chi connectivity index (χ0) is 18.4. The number of likely N-dealkylation sites (tertiary alicyclic amines) is 1. The first-order valence-electron chi connectivity index (χ1n) is 10.1. The Hall–Kier alpha value is -1.53. The summed E-state index contributed by atoms with van der Waals surface area (Å²) >= 11 is 0. The first-order chi connectivity index (χ1) is 12.7. The van der Waals surface area contributed by atoms with Gasteiger partial charge in [0.2, 0.25) is 0 Å². The van der Waals surface area contributed by atoms with E-state index in [1.54, 1.807) is 6.26 Å². The second kappa shape index (κ2) is 8.91. The highest BCUT2D eigenvalue weighted by Gasteiger charge is 2.42. The van der Waals surface area contributed by atoms with E-state index in [1.807, 2.05) is 6.07 Å². The predicted molar refractivity (Wildman–Crippen MR) is 104 cm³/mol. The molecule has 2 unspecified atom stereocenters. The summed E-state index contributed by atoms with van der Waals surface area (Å²) in [6.45, 7) is 14.0. The lowest BCUT2D eigenvalue weighted by Gasteiger charge is -2.28. The molecule has 3 heterocycles. The van der Waals surface area contributed by atoms with Gasteiger partial charge < -0.3 is 19.4 Å². The molecule has 0 aromatic carbocycles. The maximum Gasteiger partial charge on any atom is 0.194 e. The van der Waals surface area contributed by atoms with Crippen LogP contribution >= 0.6 is 0 Å². The van der Waals surface area contributed by atoms with Crippen molar-refractivity contribution in [3.63, 3.8) is 0 Å². The van der Waals surface area contributed by atoms with E-state index in [2.05, 4.69) is 42.0 Å². The topological polar surface area (TPSA) is 53.2 Å². The third-order valence-corrected chi connectivity index (χ3v) is 5.80. The number of nitrogens with one attached hydrogen (secondary N) is 1. The van der Waals surface area contributed by atoms with Crippen LogP contribution in [0, 0.1) is 5.41 Å². The fourth-order valence-electron chi connectivity index (χ4n) is 4.22. The molecular weight excluding hydrogens is 328 g/mol. The Balaban J connectivity index is 1.72. The van der Waals surface area contributed by atoms with E-state index < -0.39 is 0 Å². The van der Waals surface area contributed by atoms with Gasteiger partial charge in [0.1, 0.15) is 5.76 Å². The molecule has 0 radical (unpaired) electrons. The van der Waals surface area contributed by atoms with E-state index in [0.29, 0.717) is 12.0 Å². The van der Waals surface area contributed by atoms with Crippen molar-refractivity contribution in [1.82, 2.24) is 15.1 Å². The van der Waals surface area contributed by atoms with Gasteiger partial charge in [-0.15, -0.1) is 0 Å². The van der Waals surface area contributed by atoms with Crippen molar-refractivity contribution in [1.29, 1.82) is 0 Å². The monoisotopic (exact) mass is 362 g/mol. The number of aliphatic imine (C=N–C) groups is 1. The molecule has 3 rings (SSSR count). The summed E-state index contributed by atoms with van der Waals surface area (Å²) < 4.78 is 11.4. The average molecular weight is 363 g/mol. The van der Waals surface area contributed by atoms with E-state index in [0.717, 1.165) is 57.7 Å². The van der Waals surface area contributed by atoms with Crippen molar-refractivity contribution < 1.29 is 9.15 Å². The van der Waals surface area contributed by atoms with Gasteiger partial charge >= 0.3 is 0 Å². The first kappa shape index (κ1) is 19.2. The van der Waals surface area contributed by atoms with Crippen molar-refractivity contribution in [2.45, 2.75) is 39.7 Å². The van der Waals surface area contributed by atoms with Crippen LogP contribution in [0.15, 0.2) is 27.8 Å². The van der Waals surface area contributed by atoms with Crippen LogP contribution in [0.3, 0.4) is 0 Å². The van der Waals surface area contributed by atoms with Crippen LogP contribution in [-0.4, -0.2) is 68.2 Å². The molecule has 2 aliphatic heterocycles. The zero-order valence-electron chi connectivity index (χ0n) is 16.5. The maximum absolute atomic E-state index is 5.71. The van der Waals surface area contributed by atoms with E-state index in [-0.39, 0.29) is 6.04 Å². The Labute approximate surface area is 157 Å². The number of hydrogen-bond donors (Lipinski definition) is 1.